The summed E-state index contributed by atoms with van der Waals surface area (Å²) in [5.74, 6) is 0. The fourth-order valence-electron chi connectivity index (χ4n) is 4.20. The molecular formula is C30H28. The van der Waals surface area contributed by atoms with Crippen molar-refractivity contribution in [2.45, 2.75) is 26.7 Å². The lowest BCUT2D eigenvalue weighted by atomic mass is 9.86. The summed E-state index contributed by atoms with van der Waals surface area (Å²) in [5.41, 5.74) is 11.5. The monoisotopic (exact) mass is 388 g/mol. The zero-order valence-electron chi connectivity index (χ0n) is 17.9. The minimum absolute atomic E-state index is 0.907. The van der Waals surface area contributed by atoms with Crippen LogP contribution in [0.15, 0.2) is 104 Å². The summed E-state index contributed by atoms with van der Waals surface area (Å²) in [6, 6.07) is 34.8. The van der Waals surface area contributed by atoms with Gasteiger partial charge in [0, 0.05) is 0 Å². The van der Waals surface area contributed by atoms with Gasteiger partial charge in [0.1, 0.15) is 0 Å². The molecule has 148 valence electrons. The Labute approximate surface area is 180 Å². The SMILES string of the molecule is C=C(c1ccccc1)c1c(Cc2cccc(C)c2)cccc1Cc1cccc(C)c1. The Kier molecular flexibility index (Phi) is 5.95. The molecule has 0 bridgehead atoms. The highest BCUT2D eigenvalue weighted by atomic mass is 14.2. The summed E-state index contributed by atoms with van der Waals surface area (Å²) in [6.45, 7) is 8.84. The molecule has 0 saturated carbocycles. The third-order valence-electron chi connectivity index (χ3n) is 5.62. The fourth-order valence-corrected chi connectivity index (χ4v) is 4.20. The average molecular weight is 389 g/mol. The molecule has 0 aliphatic carbocycles. The van der Waals surface area contributed by atoms with Crippen molar-refractivity contribution in [2.75, 3.05) is 0 Å². The molecule has 0 radical (unpaired) electrons. The molecule has 0 spiro atoms. The van der Waals surface area contributed by atoms with Gasteiger partial charge in [-0.1, -0.05) is 115 Å². The molecule has 4 aromatic carbocycles. The largest absolute Gasteiger partial charge is 0.0905 e. The van der Waals surface area contributed by atoms with E-state index in [2.05, 4.69) is 117 Å². The summed E-state index contributed by atoms with van der Waals surface area (Å²) in [5, 5.41) is 0. The minimum Gasteiger partial charge on any atom is -0.0905 e. The molecule has 0 aliphatic heterocycles. The van der Waals surface area contributed by atoms with Crippen molar-refractivity contribution in [1.82, 2.24) is 0 Å². The minimum atomic E-state index is 0.907. The summed E-state index contributed by atoms with van der Waals surface area (Å²) < 4.78 is 0. The molecule has 0 unspecified atom stereocenters. The van der Waals surface area contributed by atoms with Crippen LogP contribution in [0.5, 0.6) is 0 Å². The van der Waals surface area contributed by atoms with Crippen molar-refractivity contribution in [3.05, 3.63) is 148 Å². The second-order valence-electron chi connectivity index (χ2n) is 8.13. The van der Waals surface area contributed by atoms with Crippen LogP contribution in [-0.2, 0) is 12.8 Å². The van der Waals surface area contributed by atoms with E-state index in [9.17, 15) is 0 Å². The van der Waals surface area contributed by atoms with E-state index >= 15 is 0 Å². The highest BCUT2D eigenvalue weighted by Crippen LogP contribution is 2.31. The maximum absolute atomic E-state index is 4.53. The Bertz CT molecular complexity index is 1100. The summed E-state index contributed by atoms with van der Waals surface area (Å²) in [7, 11) is 0. The van der Waals surface area contributed by atoms with E-state index in [0.717, 1.165) is 18.4 Å². The van der Waals surface area contributed by atoms with Crippen molar-refractivity contribution in [3.63, 3.8) is 0 Å². The van der Waals surface area contributed by atoms with Gasteiger partial charge in [-0.05, 0) is 65.6 Å². The number of benzene rings is 4. The van der Waals surface area contributed by atoms with Gasteiger partial charge in [0.25, 0.3) is 0 Å². The van der Waals surface area contributed by atoms with Crippen LogP contribution in [-0.4, -0.2) is 0 Å². The highest BCUT2D eigenvalue weighted by molar-refractivity contribution is 5.82. The molecule has 4 aromatic rings. The first kappa shape index (κ1) is 19.9. The normalized spacial score (nSPS) is 10.7. The molecule has 0 aliphatic rings. The van der Waals surface area contributed by atoms with Crippen LogP contribution < -0.4 is 0 Å². The van der Waals surface area contributed by atoms with Gasteiger partial charge >= 0.3 is 0 Å². The average Bonchev–Trinajstić information content (AvgIpc) is 2.74. The number of aryl methyl sites for hydroxylation is 2. The van der Waals surface area contributed by atoms with Gasteiger partial charge in [-0.2, -0.15) is 0 Å². The highest BCUT2D eigenvalue weighted by Gasteiger charge is 2.14. The molecule has 0 atom stereocenters. The van der Waals surface area contributed by atoms with Crippen molar-refractivity contribution in [2.24, 2.45) is 0 Å². The molecule has 0 aromatic heterocycles. The van der Waals surface area contributed by atoms with E-state index in [-0.39, 0.29) is 0 Å². The van der Waals surface area contributed by atoms with Crippen LogP contribution in [0.4, 0.5) is 0 Å². The summed E-state index contributed by atoms with van der Waals surface area (Å²) in [6.07, 6.45) is 1.81. The lowest BCUT2D eigenvalue weighted by Gasteiger charge is -2.18. The van der Waals surface area contributed by atoms with Crippen molar-refractivity contribution in [3.8, 4) is 0 Å². The standard InChI is InChI=1S/C30H28/c1-22-10-7-12-25(18-22)20-28-16-9-17-29(21-26-13-8-11-23(2)19-26)30(28)24(3)27-14-5-4-6-15-27/h4-19H,3,20-21H2,1-2H3. The molecule has 0 amide bonds. The Hall–Kier alpha value is -3.38. The molecule has 30 heavy (non-hydrogen) atoms. The first-order chi connectivity index (χ1) is 14.6. The molecule has 0 heterocycles. The molecule has 0 saturated heterocycles. The van der Waals surface area contributed by atoms with Crippen LogP contribution >= 0.6 is 0 Å². The van der Waals surface area contributed by atoms with E-state index in [4.69, 9.17) is 0 Å². The van der Waals surface area contributed by atoms with Crippen LogP contribution in [0.1, 0.15) is 44.5 Å². The van der Waals surface area contributed by atoms with Gasteiger partial charge in [0.15, 0.2) is 0 Å². The zero-order chi connectivity index (χ0) is 20.9. The van der Waals surface area contributed by atoms with E-state index in [0.29, 0.717) is 0 Å². The van der Waals surface area contributed by atoms with Crippen molar-refractivity contribution >= 4 is 5.57 Å². The molecule has 0 nitrogen and oxygen atoms in total. The Morgan fingerprint density at radius 2 is 1.10 bits per heavy atom. The zero-order valence-corrected chi connectivity index (χ0v) is 17.9. The van der Waals surface area contributed by atoms with E-state index < -0.39 is 0 Å². The van der Waals surface area contributed by atoms with Crippen LogP contribution in [0.2, 0.25) is 0 Å². The van der Waals surface area contributed by atoms with E-state index in [1.165, 1.54) is 44.5 Å². The predicted molar refractivity (Wildman–Crippen MR) is 129 cm³/mol. The topological polar surface area (TPSA) is 0 Å². The Balaban J connectivity index is 1.80. The van der Waals surface area contributed by atoms with Gasteiger partial charge in [-0.3, -0.25) is 0 Å². The van der Waals surface area contributed by atoms with Gasteiger partial charge in [0.2, 0.25) is 0 Å². The number of rotatable bonds is 6. The second kappa shape index (κ2) is 8.97. The molecule has 0 fully saturated rings. The third-order valence-corrected chi connectivity index (χ3v) is 5.62. The first-order valence-corrected chi connectivity index (χ1v) is 10.6. The van der Waals surface area contributed by atoms with Gasteiger partial charge in [0.05, 0.1) is 0 Å². The van der Waals surface area contributed by atoms with Crippen LogP contribution in [0.3, 0.4) is 0 Å². The number of hydrogen-bond donors (Lipinski definition) is 0. The Morgan fingerprint density at radius 1 is 0.600 bits per heavy atom. The number of hydrogen-bond acceptors (Lipinski definition) is 0. The van der Waals surface area contributed by atoms with E-state index in [1.54, 1.807) is 0 Å². The quantitative estimate of drug-likeness (QED) is 0.320. The van der Waals surface area contributed by atoms with Crippen LogP contribution in [0, 0.1) is 13.8 Å². The maximum Gasteiger partial charge on any atom is -0.00194 e. The van der Waals surface area contributed by atoms with Gasteiger partial charge in [-0.25, -0.2) is 0 Å². The Morgan fingerprint density at radius 3 is 1.60 bits per heavy atom. The summed E-state index contributed by atoms with van der Waals surface area (Å²) in [4.78, 5) is 0. The molecule has 0 heteroatoms. The van der Waals surface area contributed by atoms with Crippen molar-refractivity contribution in [1.29, 1.82) is 0 Å². The predicted octanol–water partition coefficient (Wildman–Crippen LogP) is 7.55. The fraction of sp³-hybridized carbons (Fsp3) is 0.133. The smallest absolute Gasteiger partial charge is 0.00194 e. The first-order valence-electron chi connectivity index (χ1n) is 10.6. The maximum atomic E-state index is 4.53. The van der Waals surface area contributed by atoms with E-state index in [1.807, 2.05) is 0 Å². The third kappa shape index (κ3) is 4.60. The van der Waals surface area contributed by atoms with Gasteiger partial charge in [-0.15, -0.1) is 0 Å². The van der Waals surface area contributed by atoms with Crippen molar-refractivity contribution < 1.29 is 0 Å². The lowest BCUT2D eigenvalue weighted by molar-refractivity contribution is 1.11. The van der Waals surface area contributed by atoms with Crippen LogP contribution in [0.25, 0.3) is 5.57 Å². The molecule has 4 rings (SSSR count). The second-order valence-corrected chi connectivity index (χ2v) is 8.13. The molecule has 0 N–H and O–H groups in total. The summed E-state index contributed by atoms with van der Waals surface area (Å²) >= 11 is 0. The lowest BCUT2D eigenvalue weighted by Crippen LogP contribution is -2.03. The van der Waals surface area contributed by atoms with Gasteiger partial charge < -0.3 is 0 Å². The molecular weight excluding hydrogens is 360 g/mol.